The fraction of sp³-hybridized carbons (Fsp3) is 0.375. The Morgan fingerprint density at radius 1 is 0.941 bits per heavy atom. The molecule has 0 saturated carbocycles. The molecular weight excluding hydrogens is 465 g/mol. The summed E-state index contributed by atoms with van der Waals surface area (Å²) in [6.07, 6.45) is 0. The van der Waals surface area contributed by atoms with E-state index in [0.717, 1.165) is 6.07 Å². The van der Waals surface area contributed by atoms with Gasteiger partial charge in [0.15, 0.2) is 11.5 Å². The number of benzene rings is 2. The Morgan fingerprint density at radius 3 is 2.24 bits per heavy atom. The van der Waals surface area contributed by atoms with Crippen LogP contribution in [0, 0.1) is 5.82 Å². The van der Waals surface area contributed by atoms with Gasteiger partial charge in [-0.05, 0) is 50.2 Å². The molecule has 34 heavy (non-hydrogen) atoms. The van der Waals surface area contributed by atoms with Crippen LogP contribution in [0.4, 0.5) is 4.39 Å². The molecule has 0 atom stereocenters. The number of carbonyl (C=O) groups is 3. The van der Waals surface area contributed by atoms with Crippen molar-refractivity contribution in [2.24, 2.45) is 0 Å². The van der Waals surface area contributed by atoms with Gasteiger partial charge in [0.2, 0.25) is 5.91 Å². The summed E-state index contributed by atoms with van der Waals surface area (Å²) in [6.45, 7) is 5.66. The first kappa shape index (κ1) is 25.3. The first-order chi connectivity index (χ1) is 16.3. The largest absolute Gasteiger partial charge is 0.490 e. The maximum atomic E-state index is 13.2. The number of carbonyl (C=O) groups excluding carboxylic acids is 3. The molecule has 3 amide bonds. The first-order valence-corrected chi connectivity index (χ1v) is 11.4. The molecule has 1 heterocycles. The van der Waals surface area contributed by atoms with Crippen molar-refractivity contribution in [2.75, 3.05) is 45.9 Å². The second-order valence-electron chi connectivity index (χ2n) is 7.51. The molecule has 182 valence electrons. The Balaban J connectivity index is 1.52. The summed E-state index contributed by atoms with van der Waals surface area (Å²) < 4.78 is 24.3. The maximum Gasteiger partial charge on any atom is 0.255 e. The molecule has 0 bridgehead atoms. The minimum absolute atomic E-state index is 0.0491. The molecule has 2 aromatic carbocycles. The van der Waals surface area contributed by atoms with Crippen molar-refractivity contribution in [1.82, 2.24) is 15.1 Å². The molecule has 1 aliphatic heterocycles. The molecule has 0 unspecified atom stereocenters. The van der Waals surface area contributed by atoms with Gasteiger partial charge in [0, 0.05) is 31.7 Å². The molecule has 1 N–H and O–H groups in total. The Hall–Kier alpha value is -3.33. The smallest absolute Gasteiger partial charge is 0.255 e. The number of nitrogens with one attached hydrogen (secondary N) is 1. The number of halogens is 2. The first-order valence-electron chi connectivity index (χ1n) is 11.0. The van der Waals surface area contributed by atoms with Crippen LogP contribution in [-0.2, 0) is 4.79 Å². The number of ether oxygens (including phenoxy) is 2. The topological polar surface area (TPSA) is 88.2 Å². The second kappa shape index (κ2) is 11.7. The van der Waals surface area contributed by atoms with Gasteiger partial charge in [0.25, 0.3) is 11.8 Å². The van der Waals surface area contributed by atoms with Gasteiger partial charge in [-0.25, -0.2) is 4.39 Å². The summed E-state index contributed by atoms with van der Waals surface area (Å²) in [6, 6.07) is 8.49. The van der Waals surface area contributed by atoms with Crippen LogP contribution in [0.15, 0.2) is 36.4 Å². The molecule has 3 rings (SSSR count). The molecule has 0 spiro atoms. The van der Waals surface area contributed by atoms with Crippen LogP contribution in [0.3, 0.4) is 0 Å². The highest BCUT2D eigenvalue weighted by Gasteiger charge is 2.26. The van der Waals surface area contributed by atoms with Gasteiger partial charge < -0.3 is 24.6 Å². The van der Waals surface area contributed by atoms with E-state index in [1.807, 2.05) is 13.8 Å². The third-order valence-electron chi connectivity index (χ3n) is 5.29. The molecule has 1 saturated heterocycles. The zero-order chi connectivity index (χ0) is 24.7. The van der Waals surface area contributed by atoms with Crippen LogP contribution < -0.4 is 14.8 Å². The minimum Gasteiger partial charge on any atom is -0.490 e. The van der Waals surface area contributed by atoms with Crippen LogP contribution >= 0.6 is 11.6 Å². The van der Waals surface area contributed by atoms with E-state index in [4.69, 9.17) is 21.1 Å². The molecule has 0 aliphatic carbocycles. The van der Waals surface area contributed by atoms with Gasteiger partial charge in [-0.1, -0.05) is 11.6 Å². The van der Waals surface area contributed by atoms with Crippen molar-refractivity contribution in [3.8, 4) is 11.5 Å². The van der Waals surface area contributed by atoms with Gasteiger partial charge in [-0.15, -0.1) is 0 Å². The Bertz CT molecular complexity index is 1060. The Kier molecular flexibility index (Phi) is 8.70. The number of piperazine rings is 1. The van der Waals surface area contributed by atoms with Crippen molar-refractivity contribution < 1.29 is 28.2 Å². The Labute approximate surface area is 202 Å². The number of amides is 3. The van der Waals surface area contributed by atoms with Crippen LogP contribution in [0.1, 0.15) is 34.6 Å². The van der Waals surface area contributed by atoms with E-state index in [-0.39, 0.29) is 28.9 Å². The minimum atomic E-state index is -0.515. The van der Waals surface area contributed by atoms with Gasteiger partial charge in [-0.2, -0.15) is 0 Å². The van der Waals surface area contributed by atoms with Crippen molar-refractivity contribution in [1.29, 1.82) is 0 Å². The van der Waals surface area contributed by atoms with Crippen LogP contribution in [0.2, 0.25) is 5.02 Å². The second-order valence-corrected chi connectivity index (χ2v) is 7.91. The van der Waals surface area contributed by atoms with Crippen molar-refractivity contribution in [3.63, 3.8) is 0 Å². The summed E-state index contributed by atoms with van der Waals surface area (Å²) in [5.74, 6) is -0.477. The highest BCUT2D eigenvalue weighted by Crippen LogP contribution is 2.28. The van der Waals surface area contributed by atoms with Gasteiger partial charge in [0.1, 0.15) is 5.82 Å². The summed E-state index contributed by atoms with van der Waals surface area (Å²) in [4.78, 5) is 40.9. The van der Waals surface area contributed by atoms with Crippen LogP contribution in [0.25, 0.3) is 0 Å². The SMILES string of the molecule is CCOc1ccc(C(=O)NCC(=O)N2CCN(C(=O)c3ccc(F)cc3Cl)CC2)cc1OCC. The third kappa shape index (κ3) is 6.17. The van der Waals surface area contributed by atoms with Gasteiger partial charge in [0.05, 0.1) is 30.3 Å². The zero-order valence-electron chi connectivity index (χ0n) is 19.1. The van der Waals surface area contributed by atoms with Gasteiger partial charge >= 0.3 is 0 Å². The van der Waals surface area contributed by atoms with E-state index in [9.17, 15) is 18.8 Å². The zero-order valence-corrected chi connectivity index (χ0v) is 19.9. The fourth-order valence-corrected chi connectivity index (χ4v) is 3.80. The summed E-state index contributed by atoms with van der Waals surface area (Å²) in [5.41, 5.74) is 0.572. The lowest BCUT2D eigenvalue weighted by atomic mass is 10.1. The van der Waals surface area contributed by atoms with Gasteiger partial charge in [-0.3, -0.25) is 14.4 Å². The third-order valence-corrected chi connectivity index (χ3v) is 5.60. The number of hydrogen-bond acceptors (Lipinski definition) is 5. The standard InChI is InChI=1S/C24H27ClFN3O5/c1-3-33-20-8-5-16(13-21(20)34-4-2)23(31)27-15-22(30)28-9-11-29(12-10-28)24(32)18-7-6-17(26)14-19(18)25/h5-8,13-14H,3-4,9-12,15H2,1-2H3,(H,27,31). The average Bonchev–Trinajstić information content (AvgIpc) is 2.83. The summed E-state index contributed by atoms with van der Waals surface area (Å²) >= 11 is 5.99. The Morgan fingerprint density at radius 2 is 1.59 bits per heavy atom. The molecule has 0 aromatic heterocycles. The fourth-order valence-electron chi connectivity index (χ4n) is 3.55. The molecule has 0 radical (unpaired) electrons. The molecule has 2 aromatic rings. The predicted molar refractivity (Wildman–Crippen MR) is 125 cm³/mol. The highest BCUT2D eigenvalue weighted by molar-refractivity contribution is 6.33. The van der Waals surface area contributed by atoms with E-state index in [1.165, 1.54) is 12.1 Å². The molecule has 1 fully saturated rings. The molecular formula is C24H27ClFN3O5. The van der Waals surface area contributed by atoms with E-state index >= 15 is 0 Å². The number of hydrogen-bond donors (Lipinski definition) is 1. The molecule has 10 heteroatoms. The van der Waals surface area contributed by atoms with E-state index < -0.39 is 11.7 Å². The van der Waals surface area contributed by atoms with Crippen molar-refractivity contribution in [3.05, 3.63) is 58.4 Å². The molecule has 8 nitrogen and oxygen atoms in total. The number of nitrogens with zero attached hydrogens (tertiary/aromatic N) is 2. The van der Waals surface area contributed by atoms with E-state index in [2.05, 4.69) is 5.32 Å². The summed E-state index contributed by atoms with van der Waals surface area (Å²) in [5, 5.41) is 2.68. The molecule has 1 aliphatic rings. The number of rotatable bonds is 8. The lowest BCUT2D eigenvalue weighted by Crippen LogP contribution is -2.52. The van der Waals surface area contributed by atoms with E-state index in [0.29, 0.717) is 56.5 Å². The summed E-state index contributed by atoms with van der Waals surface area (Å²) in [7, 11) is 0. The van der Waals surface area contributed by atoms with Crippen LogP contribution in [-0.4, -0.2) is 73.5 Å². The lowest BCUT2D eigenvalue weighted by molar-refractivity contribution is -0.131. The average molecular weight is 492 g/mol. The highest BCUT2D eigenvalue weighted by atomic mass is 35.5. The van der Waals surface area contributed by atoms with Crippen molar-refractivity contribution in [2.45, 2.75) is 13.8 Å². The monoisotopic (exact) mass is 491 g/mol. The predicted octanol–water partition coefficient (Wildman–Crippen LogP) is 2.99. The maximum absolute atomic E-state index is 13.2. The van der Waals surface area contributed by atoms with E-state index in [1.54, 1.807) is 28.0 Å². The quantitative estimate of drug-likeness (QED) is 0.613. The van der Waals surface area contributed by atoms with Crippen molar-refractivity contribution >= 4 is 29.3 Å². The van der Waals surface area contributed by atoms with Crippen LogP contribution in [0.5, 0.6) is 11.5 Å². The lowest BCUT2D eigenvalue weighted by Gasteiger charge is -2.35. The normalized spacial score (nSPS) is 13.4.